The third-order valence-corrected chi connectivity index (χ3v) is 7.80. The summed E-state index contributed by atoms with van der Waals surface area (Å²) >= 11 is 2.54. The quantitative estimate of drug-likeness (QED) is 0.412. The summed E-state index contributed by atoms with van der Waals surface area (Å²) in [7, 11) is 0. The molecule has 1 N–H and O–H groups in total. The van der Waals surface area contributed by atoms with E-state index in [1.165, 1.54) is 0 Å². The van der Waals surface area contributed by atoms with Gasteiger partial charge in [-0.05, 0) is 30.5 Å². The molecule has 3 aliphatic rings. The van der Waals surface area contributed by atoms with Crippen molar-refractivity contribution in [1.29, 1.82) is 0 Å². The normalized spacial score (nSPS) is 34.9. The van der Waals surface area contributed by atoms with E-state index in [0.29, 0.717) is 3.92 Å². The first-order valence-electron chi connectivity index (χ1n) is 9.54. The fraction of sp³-hybridized carbons (Fsp3) is 0.364. The van der Waals surface area contributed by atoms with Crippen LogP contribution in [0.25, 0.3) is 0 Å². The highest BCUT2D eigenvalue weighted by atomic mass is 127. The average Bonchev–Trinajstić information content (AvgIpc) is 3.06. The SMILES string of the molecule is O=C1NC(=O)[C@@H]2CC[C@@H](I)[C@H]3[C@@H]2[C@@H]1[C@@H](c1ccccc1)N3c1ccccc1. The van der Waals surface area contributed by atoms with Crippen LogP contribution >= 0.6 is 22.6 Å². The van der Waals surface area contributed by atoms with Crippen LogP contribution in [0.1, 0.15) is 24.4 Å². The molecule has 2 heterocycles. The first kappa shape index (κ1) is 17.2. The number of rotatable bonds is 2. The number of carbonyl (C=O) groups excluding carboxylic acids is 2. The maximum absolute atomic E-state index is 13.0. The van der Waals surface area contributed by atoms with Crippen LogP contribution in [0.3, 0.4) is 0 Å². The van der Waals surface area contributed by atoms with E-state index >= 15 is 0 Å². The molecule has 2 aromatic carbocycles. The Morgan fingerprint density at radius 2 is 1.56 bits per heavy atom. The van der Waals surface area contributed by atoms with Crippen molar-refractivity contribution in [3.05, 3.63) is 66.2 Å². The molecule has 6 atom stereocenters. The number of anilines is 1. The average molecular weight is 472 g/mol. The van der Waals surface area contributed by atoms with Gasteiger partial charge in [0.1, 0.15) is 0 Å². The molecular weight excluding hydrogens is 451 g/mol. The summed E-state index contributed by atoms with van der Waals surface area (Å²) in [6.45, 7) is 0. The number of piperidine rings is 1. The second kappa shape index (κ2) is 6.62. The Balaban J connectivity index is 1.71. The van der Waals surface area contributed by atoms with E-state index in [-0.39, 0.29) is 41.7 Å². The molecule has 1 aliphatic carbocycles. The number of para-hydroxylation sites is 1. The number of alkyl halides is 1. The van der Waals surface area contributed by atoms with Crippen LogP contribution in [-0.4, -0.2) is 21.8 Å². The van der Waals surface area contributed by atoms with Crippen molar-refractivity contribution in [2.24, 2.45) is 17.8 Å². The minimum Gasteiger partial charge on any atom is -0.359 e. The van der Waals surface area contributed by atoms with Crippen molar-refractivity contribution >= 4 is 40.1 Å². The molecule has 0 radical (unpaired) electrons. The maximum atomic E-state index is 13.0. The highest BCUT2D eigenvalue weighted by molar-refractivity contribution is 14.1. The predicted molar refractivity (Wildman–Crippen MR) is 113 cm³/mol. The summed E-state index contributed by atoms with van der Waals surface area (Å²) < 4.78 is 0.416. The molecule has 138 valence electrons. The number of imide groups is 1. The molecule has 4 nitrogen and oxygen atoms in total. The molecule has 2 aliphatic heterocycles. The summed E-state index contributed by atoms with van der Waals surface area (Å²) in [6.07, 6.45) is 1.88. The second-order valence-electron chi connectivity index (χ2n) is 7.75. The molecule has 0 bridgehead atoms. The van der Waals surface area contributed by atoms with Gasteiger partial charge < -0.3 is 4.90 Å². The van der Waals surface area contributed by atoms with Gasteiger partial charge in [-0.3, -0.25) is 14.9 Å². The van der Waals surface area contributed by atoms with Gasteiger partial charge in [-0.25, -0.2) is 0 Å². The first-order chi connectivity index (χ1) is 13.2. The van der Waals surface area contributed by atoms with Crippen LogP contribution in [0.2, 0.25) is 0 Å². The monoisotopic (exact) mass is 472 g/mol. The number of carbonyl (C=O) groups is 2. The number of nitrogens with zero attached hydrogens (tertiary/aromatic N) is 1. The lowest BCUT2D eigenvalue weighted by molar-refractivity contribution is -0.144. The number of halogens is 1. The van der Waals surface area contributed by atoms with Gasteiger partial charge in [-0.1, -0.05) is 71.1 Å². The van der Waals surface area contributed by atoms with Crippen LogP contribution < -0.4 is 10.2 Å². The molecular formula is C22H21IN2O2. The molecule has 1 saturated carbocycles. The Morgan fingerprint density at radius 3 is 2.26 bits per heavy atom. The molecule has 3 fully saturated rings. The lowest BCUT2D eigenvalue weighted by atomic mass is 9.68. The molecule has 5 rings (SSSR count). The van der Waals surface area contributed by atoms with Gasteiger partial charge in [0, 0.05) is 27.5 Å². The molecule has 2 saturated heterocycles. The number of amides is 2. The van der Waals surface area contributed by atoms with Crippen molar-refractivity contribution in [1.82, 2.24) is 5.32 Å². The summed E-state index contributed by atoms with van der Waals surface area (Å²) in [4.78, 5) is 28.1. The van der Waals surface area contributed by atoms with Gasteiger partial charge in [0.15, 0.2) is 0 Å². The summed E-state index contributed by atoms with van der Waals surface area (Å²) in [5, 5.41) is 2.69. The van der Waals surface area contributed by atoms with Gasteiger partial charge in [-0.2, -0.15) is 0 Å². The van der Waals surface area contributed by atoms with Gasteiger partial charge in [0.2, 0.25) is 11.8 Å². The van der Waals surface area contributed by atoms with Crippen molar-refractivity contribution in [2.75, 3.05) is 4.90 Å². The zero-order chi connectivity index (χ0) is 18.5. The van der Waals surface area contributed by atoms with Gasteiger partial charge in [-0.15, -0.1) is 0 Å². The second-order valence-corrected chi connectivity index (χ2v) is 9.35. The molecule has 2 aromatic rings. The van der Waals surface area contributed by atoms with Crippen LogP contribution in [0.5, 0.6) is 0 Å². The molecule has 5 heteroatoms. The smallest absolute Gasteiger partial charge is 0.232 e. The first-order valence-corrected chi connectivity index (χ1v) is 10.8. The Hall–Kier alpha value is -1.89. The Bertz CT molecular complexity index is 872. The maximum Gasteiger partial charge on any atom is 0.232 e. The zero-order valence-electron chi connectivity index (χ0n) is 14.8. The van der Waals surface area contributed by atoms with Crippen molar-refractivity contribution < 1.29 is 9.59 Å². The molecule has 27 heavy (non-hydrogen) atoms. The van der Waals surface area contributed by atoms with Crippen LogP contribution in [-0.2, 0) is 9.59 Å². The van der Waals surface area contributed by atoms with E-state index in [1.807, 2.05) is 36.4 Å². The van der Waals surface area contributed by atoms with E-state index in [4.69, 9.17) is 0 Å². The van der Waals surface area contributed by atoms with Crippen LogP contribution in [0, 0.1) is 17.8 Å². The van der Waals surface area contributed by atoms with Gasteiger partial charge in [0.25, 0.3) is 0 Å². The number of hydrogen-bond donors (Lipinski definition) is 1. The number of nitrogens with one attached hydrogen (secondary N) is 1. The van der Waals surface area contributed by atoms with E-state index < -0.39 is 0 Å². The van der Waals surface area contributed by atoms with Gasteiger partial charge in [0.05, 0.1) is 12.0 Å². The van der Waals surface area contributed by atoms with E-state index in [1.54, 1.807) is 0 Å². The fourth-order valence-corrected chi connectivity index (χ4v) is 6.63. The third-order valence-electron chi connectivity index (χ3n) is 6.44. The van der Waals surface area contributed by atoms with Gasteiger partial charge >= 0.3 is 0 Å². The highest BCUT2D eigenvalue weighted by Gasteiger charge is 2.62. The summed E-state index contributed by atoms with van der Waals surface area (Å²) in [5.74, 6) is -0.367. The fourth-order valence-electron chi connectivity index (χ4n) is 5.45. The largest absolute Gasteiger partial charge is 0.359 e. The summed E-state index contributed by atoms with van der Waals surface area (Å²) in [6, 6.07) is 20.8. The Labute approximate surface area is 172 Å². The topological polar surface area (TPSA) is 49.4 Å². The minimum atomic E-state index is -0.196. The van der Waals surface area contributed by atoms with Crippen molar-refractivity contribution in [2.45, 2.75) is 28.8 Å². The van der Waals surface area contributed by atoms with E-state index in [2.05, 4.69) is 57.1 Å². The van der Waals surface area contributed by atoms with Crippen molar-refractivity contribution in [3.8, 4) is 0 Å². The highest BCUT2D eigenvalue weighted by Crippen LogP contribution is 2.56. The number of benzene rings is 2. The Morgan fingerprint density at radius 1 is 0.889 bits per heavy atom. The van der Waals surface area contributed by atoms with Crippen molar-refractivity contribution in [3.63, 3.8) is 0 Å². The molecule has 0 unspecified atom stereocenters. The van der Waals surface area contributed by atoms with E-state index in [9.17, 15) is 9.59 Å². The minimum absolute atomic E-state index is 0.0467. The zero-order valence-corrected chi connectivity index (χ0v) is 17.0. The molecule has 0 spiro atoms. The lowest BCUT2D eigenvalue weighted by Gasteiger charge is -2.42. The van der Waals surface area contributed by atoms with Crippen LogP contribution in [0.15, 0.2) is 60.7 Å². The lowest BCUT2D eigenvalue weighted by Crippen LogP contribution is -2.56. The molecule has 2 amide bonds. The standard InChI is InChI=1S/C22H21IN2O2/c23-16-12-11-15-17-18(22(27)24-21(15)26)19(13-7-3-1-4-8-13)25(20(16)17)14-9-5-2-6-10-14/h1-10,15-20H,11-12H2,(H,24,26,27)/t15-,16-,17+,18-,19-,20+/m1/s1. The summed E-state index contributed by atoms with van der Waals surface area (Å²) in [5.41, 5.74) is 2.28. The third kappa shape index (κ3) is 2.62. The Kier molecular flexibility index (Phi) is 4.22. The number of hydrogen-bond acceptors (Lipinski definition) is 3. The molecule has 0 aromatic heterocycles. The predicted octanol–water partition coefficient (Wildman–Crippen LogP) is 3.72. The van der Waals surface area contributed by atoms with E-state index in [0.717, 1.165) is 24.1 Å². The van der Waals surface area contributed by atoms with Crippen LogP contribution in [0.4, 0.5) is 5.69 Å².